The number of nitrogens with one attached hydrogen (secondary N) is 1. The third-order valence-corrected chi connectivity index (χ3v) is 5.03. The third kappa shape index (κ3) is 3.27. The van der Waals surface area contributed by atoms with Gasteiger partial charge in [0.05, 0.1) is 0 Å². The topological polar surface area (TPSA) is 24.9 Å². The first-order chi connectivity index (χ1) is 8.86. The summed E-state index contributed by atoms with van der Waals surface area (Å²) in [6.45, 7) is 2.25. The Morgan fingerprint density at radius 1 is 1.56 bits per heavy atom. The average Bonchev–Trinajstić information content (AvgIpc) is 2.43. The van der Waals surface area contributed by atoms with Gasteiger partial charge in [0.2, 0.25) is 0 Å². The molecule has 2 atom stereocenters. The summed E-state index contributed by atoms with van der Waals surface area (Å²) in [4.78, 5) is 4.65. The molecule has 1 aromatic rings. The Bertz CT molecular complexity index is 367. The normalized spacial score (nSPS) is 20.4. The Kier molecular flexibility index (Phi) is 5.51. The highest BCUT2D eigenvalue weighted by atomic mass is 32.2. The van der Waals surface area contributed by atoms with Gasteiger partial charge in [0, 0.05) is 29.6 Å². The number of nitrogens with zero attached hydrogens (tertiary/aromatic N) is 1. The maximum Gasteiger partial charge on any atom is 0.0482 e. The fourth-order valence-electron chi connectivity index (χ4n) is 2.79. The number of aromatic nitrogens is 1. The molecular formula is C15H24N2S. The summed E-state index contributed by atoms with van der Waals surface area (Å²) in [7, 11) is 2.09. The van der Waals surface area contributed by atoms with Crippen LogP contribution in [0, 0.1) is 0 Å². The van der Waals surface area contributed by atoms with Crippen molar-refractivity contribution >= 4 is 11.8 Å². The molecule has 18 heavy (non-hydrogen) atoms. The smallest absolute Gasteiger partial charge is 0.0482 e. The van der Waals surface area contributed by atoms with E-state index in [2.05, 4.69) is 48.2 Å². The number of fused-ring (bicyclic) bond motifs is 1. The molecule has 1 N–H and O–H groups in total. The Balaban J connectivity index is 2.07. The quantitative estimate of drug-likeness (QED) is 0.799. The Morgan fingerprint density at radius 2 is 2.44 bits per heavy atom. The number of hydrogen-bond donors (Lipinski definition) is 1. The van der Waals surface area contributed by atoms with E-state index in [0.717, 1.165) is 0 Å². The molecule has 0 spiro atoms. The van der Waals surface area contributed by atoms with Crippen LogP contribution < -0.4 is 5.32 Å². The SMILES string of the molecule is CCCSCC(NC)C1CCCc2cccnc21. The zero-order valence-corrected chi connectivity index (χ0v) is 12.3. The van der Waals surface area contributed by atoms with E-state index >= 15 is 0 Å². The van der Waals surface area contributed by atoms with Crippen molar-refractivity contribution < 1.29 is 0 Å². The fraction of sp³-hybridized carbons (Fsp3) is 0.667. The first kappa shape index (κ1) is 13.9. The van der Waals surface area contributed by atoms with Crippen LogP contribution in [0.4, 0.5) is 0 Å². The van der Waals surface area contributed by atoms with Gasteiger partial charge in [-0.1, -0.05) is 13.0 Å². The predicted molar refractivity (Wildman–Crippen MR) is 80.4 cm³/mol. The van der Waals surface area contributed by atoms with Gasteiger partial charge in [-0.25, -0.2) is 0 Å². The first-order valence-electron chi connectivity index (χ1n) is 7.05. The van der Waals surface area contributed by atoms with E-state index in [1.165, 1.54) is 48.4 Å². The molecule has 1 aliphatic rings. The van der Waals surface area contributed by atoms with Crippen LogP contribution in [0.1, 0.15) is 43.4 Å². The molecule has 100 valence electrons. The van der Waals surface area contributed by atoms with Crippen molar-refractivity contribution in [2.24, 2.45) is 0 Å². The summed E-state index contributed by atoms with van der Waals surface area (Å²) in [5, 5.41) is 3.51. The van der Waals surface area contributed by atoms with Crippen LogP contribution in [0.3, 0.4) is 0 Å². The van der Waals surface area contributed by atoms with Crippen molar-refractivity contribution in [2.75, 3.05) is 18.6 Å². The van der Waals surface area contributed by atoms with Gasteiger partial charge in [-0.2, -0.15) is 11.8 Å². The molecule has 1 aromatic heterocycles. The maximum atomic E-state index is 4.65. The van der Waals surface area contributed by atoms with Gasteiger partial charge in [-0.15, -0.1) is 0 Å². The van der Waals surface area contributed by atoms with Crippen molar-refractivity contribution in [3.8, 4) is 0 Å². The lowest BCUT2D eigenvalue weighted by atomic mass is 9.82. The lowest BCUT2D eigenvalue weighted by molar-refractivity contribution is 0.433. The van der Waals surface area contributed by atoms with Crippen LogP contribution in [0.15, 0.2) is 18.3 Å². The fourth-order valence-corrected chi connectivity index (χ4v) is 3.90. The summed E-state index contributed by atoms with van der Waals surface area (Å²) in [5.74, 6) is 3.06. The van der Waals surface area contributed by atoms with Gasteiger partial charge < -0.3 is 5.32 Å². The summed E-state index contributed by atoms with van der Waals surface area (Å²) >= 11 is 2.06. The lowest BCUT2D eigenvalue weighted by Gasteiger charge is -2.31. The zero-order valence-electron chi connectivity index (χ0n) is 11.5. The minimum absolute atomic E-state index is 0.565. The highest BCUT2D eigenvalue weighted by Crippen LogP contribution is 2.33. The molecule has 0 fully saturated rings. The molecule has 0 bridgehead atoms. The van der Waals surface area contributed by atoms with Crippen LogP contribution in [0.2, 0.25) is 0 Å². The van der Waals surface area contributed by atoms with Crippen molar-refractivity contribution in [2.45, 2.75) is 44.6 Å². The number of aryl methyl sites for hydroxylation is 1. The minimum atomic E-state index is 0.565. The van der Waals surface area contributed by atoms with Crippen molar-refractivity contribution in [3.63, 3.8) is 0 Å². The Labute approximate surface area is 115 Å². The van der Waals surface area contributed by atoms with Crippen LogP contribution in [-0.2, 0) is 6.42 Å². The van der Waals surface area contributed by atoms with Crippen LogP contribution in [0.25, 0.3) is 0 Å². The molecule has 3 heteroatoms. The molecule has 2 unspecified atom stereocenters. The summed E-state index contributed by atoms with van der Waals surface area (Å²) in [5.41, 5.74) is 2.81. The monoisotopic (exact) mass is 264 g/mol. The lowest BCUT2D eigenvalue weighted by Crippen LogP contribution is -2.36. The zero-order chi connectivity index (χ0) is 12.8. The molecule has 0 saturated carbocycles. The van der Waals surface area contributed by atoms with E-state index in [0.29, 0.717) is 12.0 Å². The van der Waals surface area contributed by atoms with Gasteiger partial charge in [-0.05, 0) is 50.1 Å². The van der Waals surface area contributed by atoms with E-state index in [9.17, 15) is 0 Å². The third-order valence-electron chi connectivity index (χ3n) is 3.74. The minimum Gasteiger partial charge on any atom is -0.316 e. The van der Waals surface area contributed by atoms with E-state index in [-0.39, 0.29) is 0 Å². The van der Waals surface area contributed by atoms with E-state index in [1.807, 2.05) is 6.20 Å². The molecule has 1 heterocycles. The number of likely N-dealkylation sites (N-methyl/N-ethyl adjacent to an activating group) is 1. The molecule has 0 amide bonds. The second-order valence-corrected chi connectivity index (χ2v) is 6.17. The van der Waals surface area contributed by atoms with Gasteiger partial charge >= 0.3 is 0 Å². The predicted octanol–water partition coefficient (Wildman–Crippen LogP) is 3.23. The van der Waals surface area contributed by atoms with E-state index in [4.69, 9.17) is 0 Å². The summed E-state index contributed by atoms with van der Waals surface area (Å²) in [6, 6.07) is 4.89. The number of hydrogen-bond acceptors (Lipinski definition) is 3. The van der Waals surface area contributed by atoms with Crippen molar-refractivity contribution in [3.05, 3.63) is 29.6 Å². The van der Waals surface area contributed by atoms with Gasteiger partial charge in [0.25, 0.3) is 0 Å². The van der Waals surface area contributed by atoms with E-state index < -0.39 is 0 Å². The van der Waals surface area contributed by atoms with E-state index in [1.54, 1.807) is 0 Å². The van der Waals surface area contributed by atoms with Gasteiger partial charge in [0.15, 0.2) is 0 Å². The van der Waals surface area contributed by atoms with Crippen molar-refractivity contribution in [1.82, 2.24) is 10.3 Å². The largest absolute Gasteiger partial charge is 0.316 e. The molecule has 0 saturated heterocycles. The standard InChI is InChI=1S/C15H24N2S/c1-3-10-18-11-14(16-2)13-8-4-6-12-7-5-9-17-15(12)13/h5,7,9,13-14,16H,3-4,6,8,10-11H2,1-2H3. The van der Waals surface area contributed by atoms with Crippen molar-refractivity contribution in [1.29, 1.82) is 0 Å². The van der Waals surface area contributed by atoms with Gasteiger partial charge in [0.1, 0.15) is 0 Å². The highest BCUT2D eigenvalue weighted by molar-refractivity contribution is 7.99. The number of rotatable bonds is 6. The van der Waals surface area contributed by atoms with Crippen LogP contribution in [0.5, 0.6) is 0 Å². The molecule has 0 aromatic carbocycles. The van der Waals surface area contributed by atoms with Crippen LogP contribution >= 0.6 is 11.8 Å². The molecular weight excluding hydrogens is 240 g/mol. The van der Waals surface area contributed by atoms with Gasteiger partial charge in [-0.3, -0.25) is 4.98 Å². The maximum absolute atomic E-state index is 4.65. The summed E-state index contributed by atoms with van der Waals surface area (Å²) < 4.78 is 0. The second-order valence-electron chi connectivity index (χ2n) is 5.02. The Hall–Kier alpha value is -0.540. The molecule has 2 rings (SSSR count). The second kappa shape index (κ2) is 7.15. The Morgan fingerprint density at radius 3 is 3.22 bits per heavy atom. The highest BCUT2D eigenvalue weighted by Gasteiger charge is 2.27. The molecule has 1 aliphatic carbocycles. The average molecular weight is 264 g/mol. The first-order valence-corrected chi connectivity index (χ1v) is 8.21. The summed E-state index contributed by atoms with van der Waals surface area (Å²) in [6.07, 6.45) is 7.00. The molecule has 2 nitrogen and oxygen atoms in total. The molecule has 0 radical (unpaired) electrons. The number of pyridine rings is 1. The number of thioether (sulfide) groups is 1. The molecule has 0 aliphatic heterocycles. The van der Waals surface area contributed by atoms with Crippen LogP contribution in [-0.4, -0.2) is 29.6 Å².